The molecule has 0 unspecified atom stereocenters. The van der Waals surface area contributed by atoms with Gasteiger partial charge in [0.1, 0.15) is 5.75 Å². The zero-order valence-electron chi connectivity index (χ0n) is 18.6. The molecule has 9 heteroatoms. The first-order chi connectivity index (χ1) is 15.8. The van der Waals surface area contributed by atoms with Crippen LogP contribution in [0, 0.1) is 5.92 Å². The van der Waals surface area contributed by atoms with E-state index in [4.69, 9.17) is 4.74 Å². The fourth-order valence-electron chi connectivity index (χ4n) is 4.17. The average Bonchev–Trinajstić information content (AvgIpc) is 2.83. The second-order valence-corrected chi connectivity index (χ2v) is 10.4. The quantitative estimate of drug-likeness (QED) is 0.604. The number of hydrogen-bond donors (Lipinski definition) is 2. The van der Waals surface area contributed by atoms with Gasteiger partial charge in [0.05, 0.1) is 16.5 Å². The van der Waals surface area contributed by atoms with Crippen LogP contribution in [0.3, 0.4) is 0 Å². The van der Waals surface area contributed by atoms with Gasteiger partial charge in [0.25, 0.3) is 5.91 Å². The van der Waals surface area contributed by atoms with E-state index in [1.807, 2.05) is 18.2 Å². The van der Waals surface area contributed by atoms with Crippen molar-refractivity contribution in [2.24, 2.45) is 5.92 Å². The molecule has 2 aliphatic heterocycles. The van der Waals surface area contributed by atoms with E-state index in [1.54, 1.807) is 13.0 Å². The number of carbonyl (C=O) groups is 2. The van der Waals surface area contributed by atoms with Crippen molar-refractivity contribution in [2.75, 3.05) is 25.0 Å². The summed E-state index contributed by atoms with van der Waals surface area (Å²) in [5.41, 5.74) is 1.56. The predicted octanol–water partition coefficient (Wildman–Crippen LogP) is 2.56. The van der Waals surface area contributed by atoms with Crippen LogP contribution in [-0.4, -0.2) is 50.3 Å². The molecule has 2 aromatic carbocycles. The van der Waals surface area contributed by atoms with E-state index in [1.165, 1.54) is 22.0 Å². The van der Waals surface area contributed by atoms with Crippen molar-refractivity contribution in [1.29, 1.82) is 0 Å². The molecule has 0 spiro atoms. The molecule has 1 fully saturated rings. The Balaban J connectivity index is 1.36. The Bertz CT molecular complexity index is 1120. The van der Waals surface area contributed by atoms with Crippen LogP contribution in [0.2, 0.25) is 0 Å². The zero-order chi connectivity index (χ0) is 23.4. The molecule has 2 atom stereocenters. The summed E-state index contributed by atoms with van der Waals surface area (Å²) in [4.78, 5) is 24.6. The monoisotopic (exact) mass is 471 g/mol. The maximum Gasteiger partial charge on any atom is 0.265 e. The van der Waals surface area contributed by atoms with E-state index in [9.17, 15) is 18.0 Å². The van der Waals surface area contributed by atoms with Gasteiger partial charge in [-0.15, -0.1) is 0 Å². The van der Waals surface area contributed by atoms with Crippen molar-refractivity contribution in [1.82, 2.24) is 9.62 Å². The van der Waals surface area contributed by atoms with Crippen LogP contribution in [0.5, 0.6) is 5.75 Å². The van der Waals surface area contributed by atoms with Gasteiger partial charge in [-0.1, -0.05) is 30.3 Å². The number of nitrogens with one attached hydrogen (secondary N) is 2. The molecule has 2 aliphatic rings. The number of anilines is 1. The molecule has 0 radical (unpaired) electrons. The van der Waals surface area contributed by atoms with Crippen molar-refractivity contribution >= 4 is 27.5 Å². The standard InChI is InChI=1S/C24H29N3O5S/c1-17-23(28)26-21-15-20(11-12-22(21)32-17)33(30,31)27-14-6-10-19(16-27)24(29)25-13-5-9-18-7-3-2-4-8-18/h2-4,7-8,11-12,15,17,19H,5-6,9-10,13-14,16H2,1H3,(H,25,29)(H,26,28)/t17-,19+/m1/s1. The molecule has 8 nitrogen and oxygen atoms in total. The number of piperidine rings is 1. The summed E-state index contributed by atoms with van der Waals surface area (Å²) in [6.45, 7) is 2.68. The second-order valence-electron chi connectivity index (χ2n) is 8.49. The van der Waals surface area contributed by atoms with Crippen molar-refractivity contribution in [3.05, 3.63) is 54.1 Å². The number of rotatable bonds is 7. The van der Waals surface area contributed by atoms with Crippen molar-refractivity contribution in [3.8, 4) is 5.75 Å². The number of nitrogens with zero attached hydrogens (tertiary/aromatic N) is 1. The van der Waals surface area contributed by atoms with Gasteiger partial charge in [-0.25, -0.2) is 8.42 Å². The van der Waals surface area contributed by atoms with E-state index >= 15 is 0 Å². The lowest BCUT2D eigenvalue weighted by atomic mass is 9.99. The van der Waals surface area contributed by atoms with E-state index in [0.717, 1.165) is 12.8 Å². The van der Waals surface area contributed by atoms with Crippen molar-refractivity contribution < 1.29 is 22.7 Å². The van der Waals surface area contributed by atoms with Gasteiger partial charge in [-0.05, 0) is 56.4 Å². The van der Waals surface area contributed by atoms with Gasteiger partial charge in [0.2, 0.25) is 15.9 Å². The van der Waals surface area contributed by atoms with Gasteiger partial charge < -0.3 is 15.4 Å². The third kappa shape index (κ3) is 5.36. The molecule has 2 aromatic rings. The molecular weight excluding hydrogens is 442 g/mol. The number of benzene rings is 2. The number of aryl methyl sites for hydroxylation is 1. The minimum absolute atomic E-state index is 0.0728. The SMILES string of the molecule is C[C@H]1Oc2ccc(S(=O)(=O)N3CCC[C@H](C(=O)NCCCc4ccccc4)C3)cc2NC1=O. The van der Waals surface area contributed by atoms with Crippen LogP contribution in [0.1, 0.15) is 31.7 Å². The van der Waals surface area contributed by atoms with Crippen LogP contribution in [-0.2, 0) is 26.0 Å². The summed E-state index contributed by atoms with van der Waals surface area (Å²) < 4.78 is 33.4. The second kappa shape index (κ2) is 9.93. The lowest BCUT2D eigenvalue weighted by molar-refractivity contribution is -0.126. The van der Waals surface area contributed by atoms with Gasteiger partial charge in [0, 0.05) is 19.6 Å². The summed E-state index contributed by atoms with van der Waals surface area (Å²) >= 11 is 0. The summed E-state index contributed by atoms with van der Waals surface area (Å²) in [7, 11) is -3.81. The largest absolute Gasteiger partial charge is 0.479 e. The summed E-state index contributed by atoms with van der Waals surface area (Å²) in [5.74, 6) is -0.374. The maximum absolute atomic E-state index is 13.2. The van der Waals surface area contributed by atoms with E-state index < -0.39 is 16.1 Å². The fraction of sp³-hybridized carbons (Fsp3) is 0.417. The molecule has 0 bridgehead atoms. The molecule has 176 valence electrons. The fourth-order valence-corrected chi connectivity index (χ4v) is 5.72. The lowest BCUT2D eigenvalue weighted by Crippen LogP contribution is -2.45. The number of fused-ring (bicyclic) bond motifs is 1. The molecule has 0 saturated carbocycles. The highest BCUT2D eigenvalue weighted by molar-refractivity contribution is 7.89. The Hall–Kier alpha value is -2.91. The van der Waals surface area contributed by atoms with Crippen LogP contribution >= 0.6 is 0 Å². The normalized spacial score (nSPS) is 20.9. The number of amides is 2. The molecule has 0 aliphatic carbocycles. The van der Waals surface area contributed by atoms with Gasteiger partial charge in [0.15, 0.2) is 6.10 Å². The van der Waals surface area contributed by atoms with Crippen molar-refractivity contribution in [2.45, 2.75) is 43.6 Å². The Kier molecular flexibility index (Phi) is 6.99. The summed E-state index contributed by atoms with van der Waals surface area (Å²) in [6, 6.07) is 14.5. The average molecular weight is 472 g/mol. The topological polar surface area (TPSA) is 105 Å². The minimum atomic E-state index is -3.81. The van der Waals surface area contributed by atoms with Gasteiger partial charge >= 0.3 is 0 Å². The highest BCUT2D eigenvalue weighted by Gasteiger charge is 2.34. The molecule has 2 N–H and O–H groups in total. The van der Waals surface area contributed by atoms with Gasteiger partial charge in [-0.2, -0.15) is 4.31 Å². The summed E-state index contributed by atoms with van der Waals surface area (Å²) in [6.07, 6.45) is 2.34. The Morgan fingerprint density at radius 1 is 1.21 bits per heavy atom. The minimum Gasteiger partial charge on any atom is -0.479 e. The predicted molar refractivity (Wildman–Crippen MR) is 124 cm³/mol. The molecule has 1 saturated heterocycles. The van der Waals surface area contributed by atoms with Crippen LogP contribution in [0.15, 0.2) is 53.4 Å². The Labute approximate surface area is 194 Å². The molecule has 4 rings (SSSR count). The highest BCUT2D eigenvalue weighted by atomic mass is 32.2. The molecule has 33 heavy (non-hydrogen) atoms. The number of sulfonamides is 1. The maximum atomic E-state index is 13.2. The first-order valence-corrected chi connectivity index (χ1v) is 12.7. The molecule has 0 aromatic heterocycles. The van der Waals surface area contributed by atoms with E-state index in [2.05, 4.69) is 22.8 Å². The Morgan fingerprint density at radius 3 is 2.79 bits per heavy atom. The van der Waals surface area contributed by atoms with E-state index in [0.29, 0.717) is 37.4 Å². The van der Waals surface area contributed by atoms with Gasteiger partial charge in [-0.3, -0.25) is 9.59 Å². The molecule has 2 amide bonds. The van der Waals surface area contributed by atoms with Crippen LogP contribution < -0.4 is 15.4 Å². The lowest BCUT2D eigenvalue weighted by Gasteiger charge is -2.31. The first kappa shape index (κ1) is 23.3. The molecular formula is C24H29N3O5S. The first-order valence-electron chi connectivity index (χ1n) is 11.3. The Morgan fingerprint density at radius 2 is 2.00 bits per heavy atom. The van der Waals surface area contributed by atoms with Crippen LogP contribution in [0.25, 0.3) is 0 Å². The third-order valence-electron chi connectivity index (χ3n) is 6.06. The number of ether oxygens (including phenoxy) is 1. The highest BCUT2D eigenvalue weighted by Crippen LogP contribution is 2.33. The van der Waals surface area contributed by atoms with Crippen molar-refractivity contribution in [3.63, 3.8) is 0 Å². The number of carbonyl (C=O) groups excluding carboxylic acids is 2. The van der Waals surface area contributed by atoms with Crippen LogP contribution in [0.4, 0.5) is 5.69 Å². The molecule has 2 heterocycles. The summed E-state index contributed by atoms with van der Waals surface area (Å²) in [5, 5.41) is 5.64. The zero-order valence-corrected chi connectivity index (χ0v) is 19.4. The third-order valence-corrected chi connectivity index (χ3v) is 7.92. The smallest absolute Gasteiger partial charge is 0.265 e. The van der Waals surface area contributed by atoms with E-state index in [-0.39, 0.29) is 29.2 Å². The number of hydrogen-bond acceptors (Lipinski definition) is 5.